The molecule has 1 aromatic carbocycles. The van der Waals surface area contributed by atoms with Gasteiger partial charge >= 0.3 is 0 Å². The number of anilines is 1. The van der Waals surface area contributed by atoms with E-state index in [4.69, 9.17) is 11.6 Å². The number of nitrogens with zero attached hydrogens (tertiary/aromatic N) is 3. The van der Waals surface area contributed by atoms with Crippen molar-refractivity contribution in [3.8, 4) is 10.6 Å². The van der Waals surface area contributed by atoms with E-state index in [2.05, 4.69) is 15.3 Å². The molecule has 1 N–H and O–H groups in total. The Labute approximate surface area is 188 Å². The van der Waals surface area contributed by atoms with Crippen LogP contribution in [0.5, 0.6) is 0 Å². The van der Waals surface area contributed by atoms with Gasteiger partial charge in [0, 0.05) is 43.1 Å². The number of pyridine rings is 1. The predicted molar refractivity (Wildman–Crippen MR) is 119 cm³/mol. The van der Waals surface area contributed by atoms with E-state index in [0.717, 1.165) is 16.1 Å². The molecule has 1 aliphatic rings. The van der Waals surface area contributed by atoms with Crippen molar-refractivity contribution in [2.24, 2.45) is 0 Å². The second-order valence-corrected chi connectivity index (χ2v) is 8.85. The minimum absolute atomic E-state index is 0.0244. The van der Waals surface area contributed by atoms with Gasteiger partial charge in [-0.25, -0.2) is 18.7 Å². The van der Waals surface area contributed by atoms with E-state index in [9.17, 15) is 13.6 Å². The number of hydrogen-bond donors (Lipinski definition) is 1. The van der Waals surface area contributed by atoms with Crippen LogP contribution in [0, 0.1) is 6.92 Å². The molecule has 3 aromatic rings. The Hall–Kier alpha value is -2.58. The number of rotatable bonds is 5. The van der Waals surface area contributed by atoms with E-state index in [1.54, 1.807) is 17.5 Å². The summed E-state index contributed by atoms with van der Waals surface area (Å²) >= 11 is 7.21. The van der Waals surface area contributed by atoms with Gasteiger partial charge < -0.3 is 10.2 Å². The van der Waals surface area contributed by atoms with Gasteiger partial charge in [0.1, 0.15) is 16.5 Å². The Balaban J connectivity index is 1.52. The molecule has 5 nitrogen and oxygen atoms in total. The third-order valence-electron chi connectivity index (χ3n) is 5.30. The van der Waals surface area contributed by atoms with Crippen LogP contribution in [0.25, 0.3) is 10.6 Å². The summed E-state index contributed by atoms with van der Waals surface area (Å²) in [5.41, 5.74) is 2.30. The number of halogens is 3. The fourth-order valence-electron chi connectivity index (χ4n) is 3.63. The topological polar surface area (TPSA) is 58.1 Å². The molecular weight excluding hydrogens is 442 g/mol. The second kappa shape index (κ2) is 8.88. The average molecular weight is 463 g/mol. The van der Waals surface area contributed by atoms with E-state index in [1.807, 2.05) is 31.2 Å². The summed E-state index contributed by atoms with van der Waals surface area (Å²) in [6, 6.07) is 10.5. The maximum absolute atomic E-state index is 14.1. The number of nitrogens with one attached hydrogen (secondary N) is 1. The van der Waals surface area contributed by atoms with E-state index >= 15 is 0 Å². The molecule has 0 radical (unpaired) electrons. The quantitative estimate of drug-likeness (QED) is 0.542. The predicted octanol–water partition coefficient (Wildman–Crippen LogP) is 5.52. The molecule has 4 rings (SSSR count). The highest BCUT2D eigenvalue weighted by Crippen LogP contribution is 2.34. The van der Waals surface area contributed by atoms with Crippen LogP contribution in [0.1, 0.15) is 28.9 Å². The van der Waals surface area contributed by atoms with Crippen LogP contribution >= 0.6 is 22.9 Å². The zero-order chi connectivity index (χ0) is 22.0. The fourth-order valence-corrected chi connectivity index (χ4v) is 4.63. The third-order valence-corrected chi connectivity index (χ3v) is 6.40. The Morgan fingerprint density at radius 3 is 2.87 bits per heavy atom. The molecule has 31 heavy (non-hydrogen) atoms. The molecule has 1 amide bonds. The van der Waals surface area contributed by atoms with Gasteiger partial charge in [0.05, 0.1) is 11.1 Å². The highest BCUT2D eigenvalue weighted by Gasteiger charge is 2.42. The van der Waals surface area contributed by atoms with E-state index in [1.165, 1.54) is 22.4 Å². The minimum Gasteiger partial charge on any atom is -0.368 e. The van der Waals surface area contributed by atoms with Crippen molar-refractivity contribution >= 4 is 34.7 Å². The van der Waals surface area contributed by atoms with Crippen LogP contribution in [0.2, 0.25) is 5.02 Å². The highest BCUT2D eigenvalue weighted by atomic mass is 35.5. The van der Waals surface area contributed by atoms with Crippen LogP contribution in [0.3, 0.4) is 0 Å². The summed E-state index contributed by atoms with van der Waals surface area (Å²) in [5, 5.41) is 5.96. The van der Waals surface area contributed by atoms with E-state index < -0.39 is 18.4 Å². The van der Waals surface area contributed by atoms with Crippen LogP contribution in [0.4, 0.5) is 14.6 Å². The van der Waals surface area contributed by atoms with Crippen molar-refractivity contribution in [2.45, 2.75) is 31.7 Å². The Kier molecular flexibility index (Phi) is 6.20. The largest absolute Gasteiger partial charge is 0.368 e. The summed E-state index contributed by atoms with van der Waals surface area (Å²) < 4.78 is 28.3. The number of benzene rings is 1. The molecule has 0 aliphatic carbocycles. The van der Waals surface area contributed by atoms with Crippen LogP contribution < -0.4 is 5.32 Å². The van der Waals surface area contributed by atoms with Gasteiger partial charge in [-0.3, -0.25) is 4.79 Å². The monoisotopic (exact) mass is 462 g/mol. The second-order valence-electron chi connectivity index (χ2n) is 7.56. The SMILES string of the molecule is Cc1ccccc1-c1nc(C(=O)N2CCC(F)(F)CC2CNc2ccc(Cl)cn2)cs1. The first kappa shape index (κ1) is 21.6. The summed E-state index contributed by atoms with van der Waals surface area (Å²) in [4.78, 5) is 23.3. The Morgan fingerprint density at radius 1 is 1.32 bits per heavy atom. The summed E-state index contributed by atoms with van der Waals surface area (Å²) in [5.74, 6) is -2.63. The summed E-state index contributed by atoms with van der Waals surface area (Å²) in [7, 11) is 0. The number of aryl methyl sites for hydroxylation is 1. The van der Waals surface area contributed by atoms with Crippen LogP contribution in [0.15, 0.2) is 48.0 Å². The highest BCUT2D eigenvalue weighted by molar-refractivity contribution is 7.13. The van der Waals surface area contributed by atoms with Gasteiger partial charge in [0.2, 0.25) is 0 Å². The number of likely N-dealkylation sites (tertiary alicyclic amines) is 1. The van der Waals surface area contributed by atoms with Crippen molar-refractivity contribution < 1.29 is 13.6 Å². The van der Waals surface area contributed by atoms with Crippen molar-refractivity contribution in [3.63, 3.8) is 0 Å². The molecule has 9 heteroatoms. The maximum atomic E-state index is 14.1. The number of hydrogen-bond acceptors (Lipinski definition) is 5. The van der Waals surface area contributed by atoms with Gasteiger partial charge in [-0.05, 0) is 24.6 Å². The molecule has 0 saturated carbocycles. The lowest BCUT2D eigenvalue weighted by molar-refractivity contribution is -0.0675. The molecule has 162 valence electrons. The Bertz CT molecular complexity index is 1070. The number of aromatic nitrogens is 2. The van der Waals surface area contributed by atoms with Gasteiger partial charge in [-0.2, -0.15) is 0 Å². The number of thiazole rings is 1. The lowest BCUT2D eigenvalue weighted by Gasteiger charge is -2.39. The number of carbonyl (C=O) groups excluding carboxylic acids is 1. The normalized spacial score (nSPS) is 18.1. The first-order valence-electron chi connectivity index (χ1n) is 9.88. The number of carbonyl (C=O) groups is 1. The van der Waals surface area contributed by atoms with E-state index in [-0.39, 0.29) is 31.1 Å². The molecule has 0 spiro atoms. The van der Waals surface area contributed by atoms with Gasteiger partial charge in [-0.1, -0.05) is 35.9 Å². The average Bonchev–Trinajstić information content (AvgIpc) is 3.23. The summed E-state index contributed by atoms with van der Waals surface area (Å²) in [6.07, 6.45) is 0.710. The van der Waals surface area contributed by atoms with Crippen molar-refractivity contribution in [2.75, 3.05) is 18.4 Å². The molecule has 2 aromatic heterocycles. The van der Waals surface area contributed by atoms with Crippen LogP contribution in [-0.2, 0) is 0 Å². The fraction of sp³-hybridized carbons (Fsp3) is 0.318. The minimum atomic E-state index is -2.81. The number of alkyl halides is 2. The first-order chi connectivity index (χ1) is 14.8. The smallest absolute Gasteiger partial charge is 0.273 e. The molecule has 3 heterocycles. The van der Waals surface area contributed by atoms with Gasteiger partial charge in [-0.15, -0.1) is 11.3 Å². The molecule has 1 atom stereocenters. The van der Waals surface area contributed by atoms with Gasteiger partial charge in [0.15, 0.2) is 0 Å². The molecule has 1 unspecified atom stereocenters. The third kappa shape index (κ3) is 5.02. The summed E-state index contributed by atoms with van der Waals surface area (Å²) in [6.45, 7) is 2.12. The van der Waals surface area contributed by atoms with Gasteiger partial charge in [0.25, 0.3) is 11.8 Å². The van der Waals surface area contributed by atoms with Crippen molar-refractivity contribution in [1.29, 1.82) is 0 Å². The zero-order valence-corrected chi connectivity index (χ0v) is 18.4. The van der Waals surface area contributed by atoms with Crippen molar-refractivity contribution in [3.05, 3.63) is 64.3 Å². The lowest BCUT2D eigenvalue weighted by Crippen LogP contribution is -2.52. The molecule has 0 bridgehead atoms. The molecule has 1 aliphatic heterocycles. The molecule has 1 fully saturated rings. The van der Waals surface area contributed by atoms with Crippen LogP contribution in [-0.4, -0.2) is 45.8 Å². The number of piperidine rings is 1. The van der Waals surface area contributed by atoms with E-state index in [0.29, 0.717) is 10.8 Å². The zero-order valence-electron chi connectivity index (χ0n) is 16.8. The molecular formula is C22H21ClF2N4OS. The Morgan fingerprint density at radius 2 is 2.13 bits per heavy atom. The molecule has 1 saturated heterocycles. The lowest BCUT2D eigenvalue weighted by atomic mass is 9.98. The van der Waals surface area contributed by atoms with Crippen molar-refractivity contribution in [1.82, 2.24) is 14.9 Å². The standard InChI is InChI=1S/C22H21ClF2N4OS/c1-14-4-2-3-5-17(14)20-28-18(13-31-20)21(30)29-9-8-22(24,25)10-16(29)12-27-19-7-6-15(23)11-26-19/h2-7,11,13,16H,8-10,12H2,1H3,(H,26,27). The first-order valence-corrected chi connectivity index (χ1v) is 11.1. The maximum Gasteiger partial charge on any atom is 0.273 e. The number of amides is 1.